The normalized spacial score (nSPS) is 10.2. The molecule has 0 atom stereocenters. The summed E-state index contributed by atoms with van der Waals surface area (Å²) in [6.45, 7) is 0. The highest BCUT2D eigenvalue weighted by atomic mass is 16.5. The molecule has 0 spiro atoms. The van der Waals surface area contributed by atoms with E-state index in [2.05, 4.69) is 10.9 Å². The molecular weight excluding hydrogens is 298 g/mol. The van der Waals surface area contributed by atoms with Gasteiger partial charge >= 0.3 is 0 Å². The Morgan fingerprint density at radius 2 is 1.50 bits per heavy atom. The summed E-state index contributed by atoms with van der Waals surface area (Å²) in [7, 11) is 1.56. The van der Waals surface area contributed by atoms with Crippen LogP contribution in [0.2, 0.25) is 0 Å². The highest BCUT2D eigenvalue weighted by Crippen LogP contribution is 2.36. The van der Waals surface area contributed by atoms with Crippen LogP contribution in [0.15, 0.2) is 79.0 Å². The molecule has 1 heterocycles. The van der Waals surface area contributed by atoms with Crippen LogP contribution in [-0.2, 0) is 4.79 Å². The van der Waals surface area contributed by atoms with Crippen LogP contribution < -0.4 is 4.74 Å². The van der Waals surface area contributed by atoms with Crippen LogP contribution in [-0.4, -0.2) is 18.0 Å². The van der Waals surface area contributed by atoms with Gasteiger partial charge in [0.25, 0.3) is 0 Å². The Kier molecular flexibility index (Phi) is 4.85. The number of rotatable bonds is 5. The van der Waals surface area contributed by atoms with Gasteiger partial charge in [-0.1, -0.05) is 60.7 Å². The molecule has 0 radical (unpaired) electrons. The SMILES string of the molecule is COc1ccc(C(=C=O)C(c2ccccc2)c2ccccc2)cn1. The standard InChI is InChI=1S/C21H17NO2/c1-24-20-13-12-18(14-22-20)19(15-23)21(16-8-4-2-5-9-16)17-10-6-3-7-11-17/h2-14,21H,1H3. The topological polar surface area (TPSA) is 39.2 Å². The van der Waals surface area contributed by atoms with Gasteiger partial charge in [-0.25, -0.2) is 9.78 Å². The first kappa shape index (κ1) is 15.7. The Morgan fingerprint density at radius 3 is 1.92 bits per heavy atom. The van der Waals surface area contributed by atoms with Gasteiger partial charge in [0.2, 0.25) is 5.88 Å². The van der Waals surface area contributed by atoms with Crippen molar-refractivity contribution >= 4 is 11.5 Å². The second-order valence-corrected chi connectivity index (χ2v) is 5.36. The van der Waals surface area contributed by atoms with E-state index in [1.807, 2.05) is 66.7 Å². The molecule has 0 amide bonds. The molecule has 3 aromatic rings. The van der Waals surface area contributed by atoms with E-state index in [1.54, 1.807) is 19.4 Å². The van der Waals surface area contributed by atoms with Crippen LogP contribution in [0.5, 0.6) is 5.88 Å². The van der Waals surface area contributed by atoms with E-state index in [9.17, 15) is 4.79 Å². The minimum Gasteiger partial charge on any atom is -0.481 e. The Balaban J connectivity index is 2.11. The third-order valence-electron chi connectivity index (χ3n) is 3.92. The molecule has 0 unspecified atom stereocenters. The Hall–Kier alpha value is -3.16. The van der Waals surface area contributed by atoms with Gasteiger partial charge < -0.3 is 4.74 Å². The van der Waals surface area contributed by atoms with Crippen LogP contribution in [0.1, 0.15) is 22.6 Å². The first-order valence-corrected chi connectivity index (χ1v) is 7.69. The van der Waals surface area contributed by atoms with E-state index < -0.39 is 0 Å². The smallest absolute Gasteiger partial charge is 0.212 e. The van der Waals surface area contributed by atoms with Gasteiger partial charge in [-0.2, -0.15) is 0 Å². The van der Waals surface area contributed by atoms with E-state index in [4.69, 9.17) is 4.74 Å². The molecular formula is C21H17NO2. The number of benzene rings is 2. The summed E-state index contributed by atoms with van der Waals surface area (Å²) < 4.78 is 5.09. The van der Waals surface area contributed by atoms with E-state index >= 15 is 0 Å². The number of hydrogen-bond acceptors (Lipinski definition) is 3. The Labute approximate surface area is 141 Å². The molecule has 0 aliphatic carbocycles. The molecule has 0 saturated carbocycles. The fourth-order valence-electron chi connectivity index (χ4n) is 2.76. The average molecular weight is 315 g/mol. The first-order chi connectivity index (χ1) is 11.8. The Morgan fingerprint density at radius 1 is 0.917 bits per heavy atom. The number of nitrogens with zero attached hydrogens (tertiary/aromatic N) is 1. The molecule has 118 valence electrons. The van der Waals surface area contributed by atoms with E-state index in [1.165, 1.54) is 0 Å². The van der Waals surface area contributed by atoms with Crippen LogP contribution in [0.3, 0.4) is 0 Å². The lowest BCUT2D eigenvalue weighted by Gasteiger charge is -2.19. The van der Waals surface area contributed by atoms with Gasteiger partial charge in [-0.3, -0.25) is 0 Å². The zero-order chi connectivity index (χ0) is 16.8. The molecule has 2 aromatic carbocycles. The zero-order valence-electron chi connectivity index (χ0n) is 13.3. The van der Waals surface area contributed by atoms with Crippen molar-refractivity contribution < 1.29 is 9.53 Å². The van der Waals surface area contributed by atoms with Crippen LogP contribution in [0.25, 0.3) is 5.57 Å². The Bertz CT molecular complexity index is 797. The second-order valence-electron chi connectivity index (χ2n) is 5.36. The molecule has 3 nitrogen and oxygen atoms in total. The van der Waals surface area contributed by atoms with Crippen molar-refractivity contribution in [3.05, 3.63) is 95.7 Å². The number of aromatic nitrogens is 1. The number of methoxy groups -OCH3 is 1. The summed E-state index contributed by atoms with van der Waals surface area (Å²) in [5.74, 6) is 2.46. The van der Waals surface area contributed by atoms with Crippen LogP contribution in [0.4, 0.5) is 0 Å². The first-order valence-electron chi connectivity index (χ1n) is 7.69. The number of ether oxygens (including phenoxy) is 1. The van der Waals surface area contributed by atoms with Crippen molar-refractivity contribution in [2.75, 3.05) is 7.11 Å². The third-order valence-corrected chi connectivity index (χ3v) is 3.92. The van der Waals surface area contributed by atoms with Crippen molar-refractivity contribution in [1.29, 1.82) is 0 Å². The molecule has 1 aromatic heterocycles. The lowest BCUT2D eigenvalue weighted by Crippen LogP contribution is -2.05. The molecule has 3 rings (SSSR count). The van der Waals surface area contributed by atoms with Crippen LogP contribution in [0, 0.1) is 0 Å². The van der Waals surface area contributed by atoms with Crippen molar-refractivity contribution in [3.63, 3.8) is 0 Å². The molecule has 0 fully saturated rings. The van der Waals surface area contributed by atoms with Crippen molar-refractivity contribution in [1.82, 2.24) is 4.98 Å². The molecule has 0 aliphatic rings. The summed E-state index contributed by atoms with van der Waals surface area (Å²) in [5, 5.41) is 0. The molecule has 0 saturated heterocycles. The molecule has 24 heavy (non-hydrogen) atoms. The molecule has 0 bridgehead atoms. The van der Waals surface area contributed by atoms with Gasteiger partial charge in [-0.15, -0.1) is 0 Å². The van der Waals surface area contributed by atoms with Crippen molar-refractivity contribution in [2.45, 2.75) is 5.92 Å². The largest absolute Gasteiger partial charge is 0.481 e. The second kappa shape index (κ2) is 7.40. The molecule has 0 aliphatic heterocycles. The number of pyridine rings is 1. The quantitative estimate of drug-likeness (QED) is 0.664. The summed E-state index contributed by atoms with van der Waals surface area (Å²) in [4.78, 5) is 16.0. The number of hydrogen-bond donors (Lipinski definition) is 0. The number of allylic oxidation sites excluding steroid dienone is 1. The maximum absolute atomic E-state index is 11.8. The highest BCUT2D eigenvalue weighted by Gasteiger charge is 2.21. The summed E-state index contributed by atoms with van der Waals surface area (Å²) >= 11 is 0. The summed E-state index contributed by atoms with van der Waals surface area (Å²) in [6, 6.07) is 23.5. The van der Waals surface area contributed by atoms with E-state index in [-0.39, 0.29) is 5.92 Å². The minimum absolute atomic E-state index is 0.194. The average Bonchev–Trinajstić information content (AvgIpc) is 2.67. The maximum atomic E-state index is 11.8. The predicted molar refractivity (Wildman–Crippen MR) is 94.6 cm³/mol. The van der Waals surface area contributed by atoms with Gasteiger partial charge in [0.15, 0.2) is 0 Å². The van der Waals surface area contributed by atoms with E-state index in [0.29, 0.717) is 11.5 Å². The summed E-state index contributed by atoms with van der Waals surface area (Å²) in [5.41, 5.74) is 3.38. The third kappa shape index (κ3) is 3.27. The highest BCUT2D eigenvalue weighted by molar-refractivity contribution is 5.92. The van der Waals surface area contributed by atoms with Gasteiger partial charge in [0.1, 0.15) is 5.94 Å². The lowest BCUT2D eigenvalue weighted by atomic mass is 9.83. The predicted octanol–water partition coefficient (Wildman–Crippen LogP) is 4.14. The summed E-state index contributed by atoms with van der Waals surface area (Å²) in [6.07, 6.45) is 1.65. The fourth-order valence-corrected chi connectivity index (χ4v) is 2.76. The van der Waals surface area contributed by atoms with Crippen molar-refractivity contribution in [2.24, 2.45) is 0 Å². The van der Waals surface area contributed by atoms with Gasteiger partial charge in [-0.05, 0) is 17.2 Å². The van der Waals surface area contributed by atoms with E-state index in [0.717, 1.165) is 16.7 Å². The monoisotopic (exact) mass is 315 g/mol. The minimum atomic E-state index is -0.194. The van der Waals surface area contributed by atoms with Gasteiger partial charge in [0.05, 0.1) is 12.7 Å². The maximum Gasteiger partial charge on any atom is 0.212 e. The van der Waals surface area contributed by atoms with Gasteiger partial charge in [0, 0.05) is 23.7 Å². The van der Waals surface area contributed by atoms with Crippen molar-refractivity contribution in [3.8, 4) is 5.88 Å². The van der Waals surface area contributed by atoms with Crippen LogP contribution >= 0.6 is 0 Å². The number of carbonyl (C=O) groups excluding carboxylic acids is 1. The zero-order valence-corrected chi connectivity index (χ0v) is 13.3. The fraction of sp³-hybridized carbons (Fsp3) is 0.0952. The molecule has 0 N–H and O–H groups in total. The molecule has 3 heteroatoms. The lowest BCUT2D eigenvalue weighted by molar-refractivity contribution is 0.398.